The van der Waals surface area contributed by atoms with Crippen LogP contribution in [0.1, 0.15) is 5.56 Å². The molecule has 0 bridgehead atoms. The number of sulfone groups is 1. The first-order valence-corrected chi connectivity index (χ1v) is 7.75. The van der Waals surface area contributed by atoms with Crippen molar-refractivity contribution in [1.82, 2.24) is 5.32 Å². The summed E-state index contributed by atoms with van der Waals surface area (Å²) in [7, 11) is -0.0553. The van der Waals surface area contributed by atoms with E-state index < -0.39 is 9.84 Å². The van der Waals surface area contributed by atoms with Gasteiger partial charge in [0.25, 0.3) is 0 Å². The average Bonchev–Trinajstić information content (AvgIpc) is 2.35. The van der Waals surface area contributed by atoms with E-state index in [1.165, 1.54) is 20.5 Å². The molecule has 6 nitrogen and oxygen atoms in total. The first kappa shape index (κ1) is 15.6. The number of benzene rings is 1. The summed E-state index contributed by atoms with van der Waals surface area (Å²) < 4.78 is 32.0. The molecule has 0 unspecified atom stereocenters. The van der Waals surface area contributed by atoms with Gasteiger partial charge in [-0.25, -0.2) is 8.42 Å². The Balaban J connectivity index is 2.68. The molecule has 1 rings (SSSR count). The summed E-state index contributed by atoms with van der Waals surface area (Å²) >= 11 is 0. The lowest BCUT2D eigenvalue weighted by Crippen LogP contribution is -2.21. The van der Waals surface area contributed by atoms with Gasteiger partial charge in [0.2, 0.25) is 5.75 Å². The Morgan fingerprint density at radius 1 is 1.21 bits per heavy atom. The van der Waals surface area contributed by atoms with E-state index in [0.717, 1.165) is 5.56 Å². The molecule has 0 radical (unpaired) electrons. The van der Waals surface area contributed by atoms with Gasteiger partial charge >= 0.3 is 0 Å². The molecule has 0 aliphatic rings. The Labute approximate surface area is 113 Å². The SMILES string of the molecule is COc1cc(CNCCS(C)(=O)=O)cc(OC)c1O. The van der Waals surface area contributed by atoms with Gasteiger partial charge in [-0.3, -0.25) is 0 Å². The second-order valence-electron chi connectivity index (χ2n) is 4.16. The molecule has 0 spiro atoms. The third-order valence-corrected chi connectivity index (χ3v) is 3.46. The van der Waals surface area contributed by atoms with Crippen LogP contribution in [0.5, 0.6) is 17.2 Å². The fourth-order valence-electron chi connectivity index (χ4n) is 1.54. The number of methoxy groups -OCH3 is 2. The number of hydrogen-bond donors (Lipinski definition) is 2. The summed E-state index contributed by atoms with van der Waals surface area (Å²) in [6.07, 6.45) is 1.20. The van der Waals surface area contributed by atoms with E-state index >= 15 is 0 Å². The van der Waals surface area contributed by atoms with E-state index in [9.17, 15) is 13.5 Å². The highest BCUT2D eigenvalue weighted by Gasteiger charge is 2.11. The van der Waals surface area contributed by atoms with Gasteiger partial charge in [-0.1, -0.05) is 0 Å². The van der Waals surface area contributed by atoms with Gasteiger partial charge in [0.15, 0.2) is 11.5 Å². The van der Waals surface area contributed by atoms with Crippen molar-refractivity contribution >= 4 is 9.84 Å². The quantitative estimate of drug-likeness (QED) is 0.713. The highest BCUT2D eigenvalue weighted by atomic mass is 32.2. The van der Waals surface area contributed by atoms with Crippen LogP contribution in [0.15, 0.2) is 12.1 Å². The highest BCUT2D eigenvalue weighted by Crippen LogP contribution is 2.36. The lowest BCUT2D eigenvalue weighted by molar-refractivity contribution is 0.339. The number of ether oxygens (including phenoxy) is 2. The first-order valence-electron chi connectivity index (χ1n) is 5.69. The summed E-state index contributed by atoms with van der Waals surface area (Å²) in [4.78, 5) is 0. The lowest BCUT2D eigenvalue weighted by Gasteiger charge is -2.11. The molecule has 7 heteroatoms. The fourth-order valence-corrected chi connectivity index (χ4v) is 2.06. The van der Waals surface area contributed by atoms with Crippen LogP contribution in [0, 0.1) is 0 Å². The second-order valence-corrected chi connectivity index (χ2v) is 6.42. The van der Waals surface area contributed by atoms with Crippen LogP contribution in [0.4, 0.5) is 0 Å². The van der Waals surface area contributed by atoms with Crippen LogP contribution in [-0.4, -0.2) is 46.3 Å². The van der Waals surface area contributed by atoms with Crippen molar-refractivity contribution in [2.75, 3.05) is 32.8 Å². The first-order chi connectivity index (χ1) is 8.87. The Morgan fingerprint density at radius 2 is 1.74 bits per heavy atom. The third kappa shape index (κ3) is 4.96. The predicted octanol–water partition coefficient (Wildman–Crippen LogP) is 0.544. The number of hydrogen-bond acceptors (Lipinski definition) is 6. The van der Waals surface area contributed by atoms with Gasteiger partial charge in [-0.05, 0) is 17.7 Å². The lowest BCUT2D eigenvalue weighted by atomic mass is 10.2. The maximum absolute atomic E-state index is 11.0. The highest BCUT2D eigenvalue weighted by molar-refractivity contribution is 7.90. The second kappa shape index (κ2) is 6.63. The summed E-state index contributed by atoms with van der Waals surface area (Å²) in [5, 5.41) is 12.8. The molecule has 2 N–H and O–H groups in total. The van der Waals surface area contributed by atoms with Gasteiger partial charge in [-0.15, -0.1) is 0 Å². The minimum absolute atomic E-state index is 0.0510. The molecular formula is C12H19NO5S. The Bertz CT molecular complexity index is 502. The van der Waals surface area contributed by atoms with Gasteiger partial charge < -0.3 is 19.9 Å². The smallest absolute Gasteiger partial charge is 0.200 e. The molecule has 1 aromatic carbocycles. The van der Waals surface area contributed by atoms with Crippen molar-refractivity contribution < 1.29 is 23.0 Å². The zero-order valence-corrected chi connectivity index (χ0v) is 12.1. The maximum atomic E-state index is 11.0. The van der Waals surface area contributed by atoms with Crippen molar-refractivity contribution in [3.63, 3.8) is 0 Å². The van der Waals surface area contributed by atoms with Crippen LogP contribution in [-0.2, 0) is 16.4 Å². The van der Waals surface area contributed by atoms with Crippen molar-refractivity contribution in [1.29, 1.82) is 0 Å². The van der Waals surface area contributed by atoms with Gasteiger partial charge in [0, 0.05) is 19.3 Å². The minimum atomic E-state index is -2.96. The number of aromatic hydroxyl groups is 1. The molecule has 0 saturated heterocycles. The molecule has 19 heavy (non-hydrogen) atoms. The molecule has 0 heterocycles. The van der Waals surface area contributed by atoms with E-state index in [1.54, 1.807) is 12.1 Å². The van der Waals surface area contributed by atoms with Gasteiger partial charge in [-0.2, -0.15) is 0 Å². The maximum Gasteiger partial charge on any atom is 0.200 e. The van der Waals surface area contributed by atoms with Crippen molar-refractivity contribution in [2.24, 2.45) is 0 Å². The van der Waals surface area contributed by atoms with Crippen molar-refractivity contribution in [3.05, 3.63) is 17.7 Å². The Hall–Kier alpha value is -1.47. The van der Waals surface area contributed by atoms with Gasteiger partial charge in [0.1, 0.15) is 9.84 Å². The summed E-state index contributed by atoms with van der Waals surface area (Å²) in [5.74, 6) is 0.669. The minimum Gasteiger partial charge on any atom is -0.502 e. The van der Waals surface area contributed by atoms with Crippen LogP contribution in [0.3, 0.4) is 0 Å². The predicted molar refractivity (Wildman–Crippen MR) is 72.6 cm³/mol. The molecule has 108 valence electrons. The van der Waals surface area contributed by atoms with E-state index in [1.807, 2.05) is 0 Å². The average molecular weight is 289 g/mol. The molecule has 0 amide bonds. The number of phenols is 1. The molecule has 0 aliphatic carbocycles. The zero-order chi connectivity index (χ0) is 14.5. The largest absolute Gasteiger partial charge is 0.502 e. The fraction of sp³-hybridized carbons (Fsp3) is 0.500. The van der Waals surface area contributed by atoms with E-state index in [4.69, 9.17) is 9.47 Å². The number of rotatable bonds is 7. The Morgan fingerprint density at radius 3 is 2.16 bits per heavy atom. The van der Waals surface area contributed by atoms with Crippen molar-refractivity contribution in [3.8, 4) is 17.2 Å². The summed E-state index contributed by atoms with van der Waals surface area (Å²) in [6, 6.07) is 3.34. The zero-order valence-electron chi connectivity index (χ0n) is 11.3. The number of phenolic OH excluding ortho intramolecular Hbond substituents is 1. The molecule has 0 fully saturated rings. The van der Waals surface area contributed by atoms with Crippen LogP contribution < -0.4 is 14.8 Å². The van der Waals surface area contributed by atoms with Crippen LogP contribution >= 0.6 is 0 Å². The molecule has 0 saturated carbocycles. The number of nitrogens with one attached hydrogen (secondary N) is 1. The molecule has 0 aliphatic heterocycles. The van der Waals surface area contributed by atoms with Gasteiger partial charge in [0.05, 0.1) is 20.0 Å². The third-order valence-electron chi connectivity index (χ3n) is 2.52. The van der Waals surface area contributed by atoms with E-state index in [2.05, 4.69) is 5.32 Å². The van der Waals surface area contributed by atoms with Crippen LogP contribution in [0.2, 0.25) is 0 Å². The summed E-state index contributed by atoms with van der Waals surface area (Å²) in [6.45, 7) is 0.826. The monoisotopic (exact) mass is 289 g/mol. The normalized spacial score (nSPS) is 11.3. The summed E-state index contributed by atoms with van der Waals surface area (Å²) in [5.41, 5.74) is 0.833. The molecule has 1 aromatic rings. The Kier molecular flexibility index (Phi) is 5.44. The topological polar surface area (TPSA) is 84.9 Å². The van der Waals surface area contributed by atoms with Crippen molar-refractivity contribution in [2.45, 2.75) is 6.54 Å². The van der Waals surface area contributed by atoms with E-state index in [0.29, 0.717) is 24.6 Å². The molecule has 0 aromatic heterocycles. The molecular weight excluding hydrogens is 270 g/mol. The van der Waals surface area contributed by atoms with Crippen LogP contribution in [0.25, 0.3) is 0 Å². The van der Waals surface area contributed by atoms with E-state index in [-0.39, 0.29) is 11.5 Å². The standard InChI is InChI=1S/C12H19NO5S/c1-17-10-6-9(7-11(18-2)12(10)14)8-13-4-5-19(3,15)16/h6-7,13-14H,4-5,8H2,1-3H3. The molecule has 0 atom stereocenters.